The molecule has 1 saturated heterocycles. The number of thioether (sulfide) groups is 1. The van der Waals surface area contributed by atoms with Crippen molar-refractivity contribution in [2.24, 2.45) is 0 Å². The van der Waals surface area contributed by atoms with Gasteiger partial charge in [0.05, 0.1) is 6.10 Å². The van der Waals surface area contributed by atoms with Crippen LogP contribution in [0.15, 0.2) is 0 Å². The van der Waals surface area contributed by atoms with Gasteiger partial charge in [-0.15, -0.1) is 0 Å². The summed E-state index contributed by atoms with van der Waals surface area (Å²) in [6.45, 7) is 0. The lowest BCUT2D eigenvalue weighted by molar-refractivity contribution is 0.0915. The van der Waals surface area contributed by atoms with Crippen molar-refractivity contribution >= 4 is 11.8 Å². The summed E-state index contributed by atoms with van der Waals surface area (Å²) in [5.41, 5.74) is 0. The standard InChI is InChI=1S/C5H9FOS/c6-4-1-2-8-3-5(4)7/h4-5,7H,1-3H2/t4-,5-/m1/s1. The summed E-state index contributed by atoms with van der Waals surface area (Å²) in [6.07, 6.45) is -1.14. The minimum Gasteiger partial charge on any atom is -0.389 e. The van der Waals surface area contributed by atoms with E-state index in [0.29, 0.717) is 12.2 Å². The predicted molar refractivity (Wildman–Crippen MR) is 32.8 cm³/mol. The molecular formula is C5H9FOS. The maximum absolute atomic E-state index is 12.3. The van der Waals surface area contributed by atoms with Crippen molar-refractivity contribution in [3.63, 3.8) is 0 Å². The van der Waals surface area contributed by atoms with Gasteiger partial charge in [0.25, 0.3) is 0 Å². The van der Waals surface area contributed by atoms with Crippen LogP contribution in [0.5, 0.6) is 0 Å². The van der Waals surface area contributed by atoms with E-state index in [9.17, 15) is 4.39 Å². The molecule has 0 aromatic carbocycles. The molecule has 0 aromatic rings. The molecule has 1 fully saturated rings. The number of aliphatic hydroxyl groups excluding tert-OH is 1. The molecule has 1 rings (SSSR count). The summed E-state index contributed by atoms with van der Waals surface area (Å²) in [5, 5.41) is 8.78. The van der Waals surface area contributed by atoms with Crippen LogP contribution in [0.1, 0.15) is 6.42 Å². The Morgan fingerprint density at radius 3 is 2.75 bits per heavy atom. The van der Waals surface area contributed by atoms with Gasteiger partial charge in [-0.2, -0.15) is 11.8 Å². The van der Waals surface area contributed by atoms with Gasteiger partial charge in [-0.3, -0.25) is 0 Å². The van der Waals surface area contributed by atoms with Gasteiger partial charge in [-0.25, -0.2) is 4.39 Å². The molecule has 48 valence electrons. The van der Waals surface area contributed by atoms with Gasteiger partial charge < -0.3 is 5.11 Å². The van der Waals surface area contributed by atoms with Crippen LogP contribution in [0.3, 0.4) is 0 Å². The third-order valence-corrected chi connectivity index (χ3v) is 2.35. The second-order valence-electron chi connectivity index (χ2n) is 1.95. The summed E-state index contributed by atoms with van der Waals surface area (Å²) < 4.78 is 12.3. The van der Waals surface area contributed by atoms with Crippen LogP contribution in [0.4, 0.5) is 4.39 Å². The first kappa shape index (κ1) is 6.36. The Labute approximate surface area is 52.3 Å². The zero-order valence-electron chi connectivity index (χ0n) is 4.51. The molecular weight excluding hydrogens is 127 g/mol. The fraction of sp³-hybridized carbons (Fsp3) is 1.00. The summed E-state index contributed by atoms with van der Waals surface area (Å²) in [5.74, 6) is 1.43. The van der Waals surface area contributed by atoms with E-state index in [1.54, 1.807) is 11.8 Å². The summed E-state index contributed by atoms with van der Waals surface area (Å²) in [4.78, 5) is 0. The lowest BCUT2D eigenvalue weighted by Crippen LogP contribution is -2.28. The zero-order chi connectivity index (χ0) is 5.98. The number of alkyl halides is 1. The first-order valence-electron chi connectivity index (χ1n) is 2.70. The largest absolute Gasteiger partial charge is 0.389 e. The van der Waals surface area contributed by atoms with Crippen molar-refractivity contribution in [3.8, 4) is 0 Å². The molecule has 0 unspecified atom stereocenters. The molecule has 0 saturated carbocycles. The van der Waals surface area contributed by atoms with Gasteiger partial charge in [0, 0.05) is 5.75 Å². The molecule has 0 radical (unpaired) electrons. The Kier molecular flexibility index (Phi) is 2.14. The van der Waals surface area contributed by atoms with E-state index in [1.165, 1.54) is 0 Å². The average molecular weight is 136 g/mol. The van der Waals surface area contributed by atoms with E-state index in [-0.39, 0.29) is 0 Å². The molecule has 2 atom stereocenters. The van der Waals surface area contributed by atoms with Crippen LogP contribution < -0.4 is 0 Å². The predicted octanol–water partition coefficient (Wildman–Crippen LogP) is 0.822. The smallest absolute Gasteiger partial charge is 0.127 e. The van der Waals surface area contributed by atoms with Crippen LogP contribution in [-0.4, -0.2) is 28.9 Å². The monoisotopic (exact) mass is 136 g/mol. The van der Waals surface area contributed by atoms with Crippen molar-refractivity contribution in [3.05, 3.63) is 0 Å². The Bertz CT molecular complexity index is 68.8. The highest BCUT2D eigenvalue weighted by molar-refractivity contribution is 7.99. The number of halogens is 1. The second-order valence-corrected chi connectivity index (χ2v) is 3.10. The van der Waals surface area contributed by atoms with Crippen LogP contribution in [0, 0.1) is 0 Å². The van der Waals surface area contributed by atoms with E-state index in [4.69, 9.17) is 5.11 Å². The number of aliphatic hydroxyl groups is 1. The molecule has 3 heteroatoms. The fourth-order valence-corrected chi connectivity index (χ4v) is 1.71. The van der Waals surface area contributed by atoms with Gasteiger partial charge in [-0.05, 0) is 12.2 Å². The third-order valence-electron chi connectivity index (χ3n) is 1.24. The molecule has 0 aromatic heterocycles. The Morgan fingerprint density at radius 2 is 2.38 bits per heavy atom. The van der Waals surface area contributed by atoms with Crippen molar-refractivity contribution < 1.29 is 9.50 Å². The van der Waals surface area contributed by atoms with Crippen molar-refractivity contribution in [2.75, 3.05) is 11.5 Å². The fourth-order valence-electron chi connectivity index (χ4n) is 0.697. The molecule has 0 aliphatic carbocycles. The van der Waals surface area contributed by atoms with Crippen LogP contribution >= 0.6 is 11.8 Å². The van der Waals surface area contributed by atoms with Crippen molar-refractivity contribution in [1.29, 1.82) is 0 Å². The maximum atomic E-state index is 12.3. The first-order chi connectivity index (χ1) is 3.80. The highest BCUT2D eigenvalue weighted by Gasteiger charge is 2.21. The van der Waals surface area contributed by atoms with Crippen molar-refractivity contribution in [2.45, 2.75) is 18.7 Å². The quantitative estimate of drug-likeness (QED) is 0.532. The van der Waals surface area contributed by atoms with Gasteiger partial charge in [0.1, 0.15) is 6.17 Å². The van der Waals surface area contributed by atoms with Gasteiger partial charge in [0.15, 0.2) is 0 Å². The number of rotatable bonds is 0. The molecule has 1 nitrogen and oxygen atoms in total. The lowest BCUT2D eigenvalue weighted by atomic mass is 10.2. The van der Waals surface area contributed by atoms with E-state index >= 15 is 0 Å². The van der Waals surface area contributed by atoms with E-state index in [0.717, 1.165) is 5.75 Å². The first-order valence-corrected chi connectivity index (χ1v) is 3.86. The minimum absolute atomic E-state index is 0.520. The average Bonchev–Trinajstić information content (AvgIpc) is 1.77. The van der Waals surface area contributed by atoms with Gasteiger partial charge in [-0.1, -0.05) is 0 Å². The molecule has 1 heterocycles. The number of hydrogen-bond acceptors (Lipinski definition) is 2. The zero-order valence-corrected chi connectivity index (χ0v) is 5.33. The summed E-state index contributed by atoms with van der Waals surface area (Å²) in [6, 6.07) is 0. The minimum atomic E-state index is -0.962. The van der Waals surface area contributed by atoms with E-state index < -0.39 is 12.3 Å². The van der Waals surface area contributed by atoms with Crippen LogP contribution in [0.25, 0.3) is 0 Å². The Morgan fingerprint density at radius 1 is 1.62 bits per heavy atom. The Balaban J connectivity index is 2.28. The van der Waals surface area contributed by atoms with E-state index in [1.807, 2.05) is 0 Å². The molecule has 8 heavy (non-hydrogen) atoms. The highest BCUT2D eigenvalue weighted by atomic mass is 32.2. The molecule has 0 bridgehead atoms. The third kappa shape index (κ3) is 1.36. The molecule has 0 amide bonds. The van der Waals surface area contributed by atoms with E-state index in [2.05, 4.69) is 0 Å². The van der Waals surface area contributed by atoms with Gasteiger partial charge in [0.2, 0.25) is 0 Å². The SMILES string of the molecule is O[C@@H]1CSCC[C@H]1F. The molecule has 1 aliphatic rings. The highest BCUT2D eigenvalue weighted by Crippen LogP contribution is 2.19. The number of hydrogen-bond donors (Lipinski definition) is 1. The van der Waals surface area contributed by atoms with Crippen molar-refractivity contribution in [1.82, 2.24) is 0 Å². The lowest BCUT2D eigenvalue weighted by Gasteiger charge is -2.19. The molecule has 1 N–H and O–H groups in total. The molecule has 0 spiro atoms. The summed E-state index contributed by atoms with van der Waals surface area (Å²) >= 11 is 1.62. The maximum Gasteiger partial charge on any atom is 0.127 e. The Hall–Kier alpha value is 0.240. The normalized spacial score (nSPS) is 39.8. The second kappa shape index (κ2) is 2.69. The van der Waals surface area contributed by atoms with Crippen LogP contribution in [-0.2, 0) is 0 Å². The van der Waals surface area contributed by atoms with Gasteiger partial charge >= 0.3 is 0 Å². The van der Waals surface area contributed by atoms with Crippen LogP contribution in [0.2, 0.25) is 0 Å². The summed E-state index contributed by atoms with van der Waals surface area (Å²) in [7, 11) is 0. The topological polar surface area (TPSA) is 20.2 Å². The molecule has 1 aliphatic heterocycles.